The summed E-state index contributed by atoms with van der Waals surface area (Å²) in [6.45, 7) is 2.92. The minimum atomic E-state index is -0.580. The Kier molecular flexibility index (Phi) is 6.23. The first kappa shape index (κ1) is 21.6. The van der Waals surface area contributed by atoms with Gasteiger partial charge in [0, 0.05) is 19.3 Å². The highest BCUT2D eigenvalue weighted by Gasteiger charge is 2.34. The van der Waals surface area contributed by atoms with Crippen molar-refractivity contribution in [2.45, 2.75) is 19.5 Å². The van der Waals surface area contributed by atoms with Crippen molar-refractivity contribution < 1.29 is 14.3 Å². The molecule has 0 radical (unpaired) electrons. The van der Waals surface area contributed by atoms with Crippen molar-refractivity contribution in [3.63, 3.8) is 0 Å². The number of hydrogen-bond acceptors (Lipinski definition) is 5. The van der Waals surface area contributed by atoms with Crippen LogP contribution in [0.4, 0.5) is 4.79 Å². The number of likely N-dealkylation sites (N-methyl/N-ethyl adjacent to an activating group) is 1. The number of para-hydroxylation sites is 2. The number of carbonyl (C=O) groups excluding carboxylic acids is 2. The Bertz CT molecular complexity index is 1170. The van der Waals surface area contributed by atoms with E-state index in [1.54, 1.807) is 6.92 Å². The second-order valence-corrected chi connectivity index (χ2v) is 7.80. The van der Waals surface area contributed by atoms with Crippen molar-refractivity contribution in [2.75, 3.05) is 20.2 Å². The van der Waals surface area contributed by atoms with E-state index in [2.05, 4.69) is 15.2 Å². The van der Waals surface area contributed by atoms with E-state index in [-0.39, 0.29) is 12.6 Å². The lowest BCUT2D eigenvalue weighted by atomic mass is 9.95. The Hall–Kier alpha value is -3.65. The molecule has 0 fully saturated rings. The average Bonchev–Trinajstić information content (AvgIpc) is 3.09. The Labute approximate surface area is 186 Å². The van der Waals surface area contributed by atoms with Crippen LogP contribution >= 0.6 is 0 Å². The fourth-order valence-electron chi connectivity index (χ4n) is 3.99. The van der Waals surface area contributed by atoms with E-state index in [0.29, 0.717) is 24.4 Å². The van der Waals surface area contributed by atoms with Crippen LogP contribution in [0.1, 0.15) is 24.4 Å². The molecule has 166 valence electrons. The summed E-state index contributed by atoms with van der Waals surface area (Å²) in [5, 5.41) is 5.68. The summed E-state index contributed by atoms with van der Waals surface area (Å²) in [4.78, 5) is 32.1. The fourth-order valence-corrected chi connectivity index (χ4v) is 3.99. The summed E-state index contributed by atoms with van der Waals surface area (Å²) in [5.41, 5.74) is 3.75. The van der Waals surface area contributed by atoms with Gasteiger partial charge in [-0.25, -0.2) is 14.6 Å². The number of ether oxygens (including phenoxy) is 1. The van der Waals surface area contributed by atoms with Gasteiger partial charge in [0.2, 0.25) is 0 Å². The van der Waals surface area contributed by atoms with Gasteiger partial charge in [-0.3, -0.25) is 4.90 Å². The number of fused-ring (bicyclic) bond motifs is 1. The number of amides is 2. The van der Waals surface area contributed by atoms with Crippen molar-refractivity contribution in [1.82, 2.24) is 25.1 Å². The summed E-state index contributed by atoms with van der Waals surface area (Å²) in [6.07, 6.45) is 0. The highest BCUT2D eigenvalue weighted by Crippen LogP contribution is 2.28. The lowest BCUT2D eigenvalue weighted by molar-refractivity contribution is -0.139. The molecule has 8 nitrogen and oxygen atoms in total. The highest BCUT2D eigenvalue weighted by atomic mass is 16.5. The minimum Gasteiger partial charge on any atom is -0.463 e. The molecule has 32 heavy (non-hydrogen) atoms. The SMILES string of the molecule is CCOC(=O)C1=C(CN(C)Cc2nc3ccccc3n2C)NC(=O)NC1c1ccccc1. The average molecular weight is 434 g/mol. The van der Waals surface area contributed by atoms with Crippen LogP contribution in [0.2, 0.25) is 0 Å². The maximum Gasteiger partial charge on any atom is 0.338 e. The number of nitrogens with zero attached hydrogens (tertiary/aromatic N) is 3. The van der Waals surface area contributed by atoms with Crippen LogP contribution in [-0.2, 0) is 23.1 Å². The van der Waals surface area contributed by atoms with Crippen molar-refractivity contribution in [2.24, 2.45) is 7.05 Å². The van der Waals surface area contributed by atoms with E-state index >= 15 is 0 Å². The molecule has 2 heterocycles. The van der Waals surface area contributed by atoms with E-state index in [0.717, 1.165) is 22.4 Å². The van der Waals surface area contributed by atoms with Gasteiger partial charge in [0.05, 0.1) is 35.8 Å². The van der Waals surface area contributed by atoms with E-state index < -0.39 is 12.0 Å². The highest BCUT2D eigenvalue weighted by molar-refractivity contribution is 5.95. The topological polar surface area (TPSA) is 88.5 Å². The predicted molar refractivity (Wildman–Crippen MR) is 122 cm³/mol. The van der Waals surface area contributed by atoms with Crippen LogP contribution in [0.5, 0.6) is 0 Å². The Morgan fingerprint density at radius 2 is 1.84 bits per heavy atom. The maximum absolute atomic E-state index is 12.9. The van der Waals surface area contributed by atoms with Crippen molar-refractivity contribution in [1.29, 1.82) is 0 Å². The normalized spacial score (nSPS) is 16.2. The van der Waals surface area contributed by atoms with Crippen LogP contribution in [0.15, 0.2) is 65.9 Å². The Morgan fingerprint density at radius 3 is 2.56 bits per heavy atom. The third kappa shape index (κ3) is 4.36. The van der Waals surface area contributed by atoms with Gasteiger partial charge in [0.15, 0.2) is 0 Å². The molecule has 1 unspecified atom stereocenters. The predicted octanol–water partition coefficient (Wildman–Crippen LogP) is 2.88. The van der Waals surface area contributed by atoms with E-state index in [9.17, 15) is 9.59 Å². The summed E-state index contributed by atoms with van der Waals surface area (Å²) in [7, 11) is 3.92. The van der Waals surface area contributed by atoms with Crippen LogP contribution in [0, 0.1) is 0 Å². The van der Waals surface area contributed by atoms with Gasteiger partial charge in [0.25, 0.3) is 0 Å². The molecule has 0 bridgehead atoms. The summed E-state index contributed by atoms with van der Waals surface area (Å²) in [6, 6.07) is 16.5. The van der Waals surface area contributed by atoms with Gasteiger partial charge >= 0.3 is 12.0 Å². The molecule has 0 spiro atoms. The number of carbonyl (C=O) groups is 2. The van der Waals surface area contributed by atoms with Crippen LogP contribution in [-0.4, -0.2) is 46.7 Å². The number of hydrogen-bond donors (Lipinski definition) is 2. The number of imidazole rings is 1. The third-order valence-corrected chi connectivity index (χ3v) is 5.50. The second-order valence-electron chi connectivity index (χ2n) is 7.80. The molecule has 2 aromatic carbocycles. The second kappa shape index (κ2) is 9.23. The molecule has 0 saturated heterocycles. The Morgan fingerprint density at radius 1 is 1.12 bits per heavy atom. The van der Waals surface area contributed by atoms with E-state index in [1.165, 1.54) is 0 Å². The molecule has 1 aliphatic rings. The van der Waals surface area contributed by atoms with Gasteiger partial charge in [-0.05, 0) is 31.7 Å². The molecular weight excluding hydrogens is 406 g/mol. The lowest BCUT2D eigenvalue weighted by Crippen LogP contribution is -2.48. The quantitative estimate of drug-likeness (QED) is 0.560. The zero-order valence-electron chi connectivity index (χ0n) is 18.5. The van der Waals surface area contributed by atoms with Crippen LogP contribution < -0.4 is 10.6 Å². The van der Waals surface area contributed by atoms with Crippen molar-refractivity contribution in [3.8, 4) is 0 Å². The number of esters is 1. The standard InChI is InChI=1S/C24H27N5O3/c1-4-32-23(30)21-18(26-24(31)27-22(21)16-10-6-5-7-11-16)14-28(2)15-20-25-17-12-8-9-13-19(17)29(20)3/h5-13,22H,4,14-15H2,1-3H3,(H2,26,27,31). The maximum atomic E-state index is 12.9. The number of rotatable bonds is 7. The number of benzene rings is 2. The smallest absolute Gasteiger partial charge is 0.338 e. The minimum absolute atomic E-state index is 0.251. The molecule has 1 aromatic heterocycles. The molecule has 2 amide bonds. The first-order valence-electron chi connectivity index (χ1n) is 10.6. The van der Waals surface area contributed by atoms with Gasteiger partial charge in [-0.15, -0.1) is 0 Å². The molecule has 3 aromatic rings. The van der Waals surface area contributed by atoms with E-state index in [4.69, 9.17) is 9.72 Å². The van der Waals surface area contributed by atoms with Gasteiger partial charge < -0.3 is 19.9 Å². The largest absolute Gasteiger partial charge is 0.463 e. The number of aryl methyl sites for hydroxylation is 1. The summed E-state index contributed by atoms with van der Waals surface area (Å²) in [5.74, 6) is 0.451. The van der Waals surface area contributed by atoms with E-state index in [1.807, 2.05) is 73.6 Å². The van der Waals surface area contributed by atoms with Crippen LogP contribution in [0.3, 0.4) is 0 Å². The first-order chi connectivity index (χ1) is 15.5. The zero-order chi connectivity index (χ0) is 22.7. The molecule has 0 aliphatic carbocycles. The van der Waals surface area contributed by atoms with Gasteiger partial charge in [0.1, 0.15) is 5.82 Å². The molecule has 0 saturated carbocycles. The van der Waals surface area contributed by atoms with Crippen LogP contribution in [0.25, 0.3) is 11.0 Å². The fraction of sp³-hybridized carbons (Fsp3) is 0.292. The number of nitrogens with one attached hydrogen (secondary N) is 2. The molecule has 2 N–H and O–H groups in total. The van der Waals surface area contributed by atoms with Gasteiger partial charge in [-0.1, -0.05) is 42.5 Å². The molecule has 1 aliphatic heterocycles. The molecule has 8 heteroatoms. The van der Waals surface area contributed by atoms with Gasteiger partial charge in [-0.2, -0.15) is 0 Å². The molecule has 4 rings (SSSR count). The summed E-state index contributed by atoms with van der Waals surface area (Å²) >= 11 is 0. The lowest BCUT2D eigenvalue weighted by Gasteiger charge is -2.31. The first-order valence-corrected chi connectivity index (χ1v) is 10.6. The van der Waals surface area contributed by atoms with Crippen molar-refractivity contribution >= 4 is 23.0 Å². The molecular formula is C24H27N5O3. The molecule has 1 atom stereocenters. The Balaban J connectivity index is 1.64. The summed E-state index contributed by atoms with van der Waals surface area (Å²) < 4.78 is 7.39. The van der Waals surface area contributed by atoms with Crippen molar-refractivity contribution in [3.05, 3.63) is 77.3 Å². The third-order valence-electron chi connectivity index (χ3n) is 5.50. The number of urea groups is 1. The zero-order valence-corrected chi connectivity index (χ0v) is 18.5. The monoisotopic (exact) mass is 433 g/mol. The number of aromatic nitrogens is 2.